The largest absolute Gasteiger partial charge is 0.171 e. The highest BCUT2D eigenvalue weighted by molar-refractivity contribution is 7.81. The van der Waals surface area contributed by atoms with E-state index in [0.717, 1.165) is 0 Å². The molecule has 1 unspecified atom stereocenters. The van der Waals surface area contributed by atoms with E-state index < -0.39 is 0 Å². The molecule has 0 radical (unpaired) electrons. The predicted molar refractivity (Wildman–Crippen MR) is 44.8 cm³/mol. The van der Waals surface area contributed by atoms with E-state index in [1.54, 1.807) is 0 Å². The molecular formula is C8H12S. The summed E-state index contributed by atoms with van der Waals surface area (Å²) in [7, 11) is 0. The minimum Gasteiger partial charge on any atom is -0.171 e. The van der Waals surface area contributed by atoms with Crippen LogP contribution < -0.4 is 0 Å². The fourth-order valence-electron chi connectivity index (χ4n) is 1.02. The Kier molecular flexibility index (Phi) is 2.40. The number of hydrogen-bond donors (Lipinski definition) is 1. The van der Waals surface area contributed by atoms with Gasteiger partial charge in [-0.15, -0.1) is 0 Å². The van der Waals surface area contributed by atoms with E-state index >= 15 is 0 Å². The van der Waals surface area contributed by atoms with Gasteiger partial charge in [-0.2, -0.15) is 12.6 Å². The number of allylic oxidation sites excluding steroid dienone is 3. The molecule has 0 aromatic heterocycles. The van der Waals surface area contributed by atoms with Crippen LogP contribution in [0, 0.1) is 5.92 Å². The van der Waals surface area contributed by atoms with Crippen molar-refractivity contribution in [2.75, 3.05) is 0 Å². The molecule has 0 heterocycles. The summed E-state index contributed by atoms with van der Waals surface area (Å²) >= 11 is 4.40. The molecule has 0 N–H and O–H groups in total. The third kappa shape index (κ3) is 1.62. The standard InChI is InChI=1S/C8H12S/c1-2-7-5-3-4-6-8(7)9/h3-9H,2H2,1H3/t7-,8?/m1/s1. The fourth-order valence-corrected chi connectivity index (χ4v) is 1.43. The van der Waals surface area contributed by atoms with Gasteiger partial charge in [0.05, 0.1) is 0 Å². The lowest BCUT2D eigenvalue weighted by atomic mass is 9.98. The van der Waals surface area contributed by atoms with E-state index in [-0.39, 0.29) is 0 Å². The summed E-state index contributed by atoms with van der Waals surface area (Å²) in [6.07, 6.45) is 9.70. The van der Waals surface area contributed by atoms with Gasteiger partial charge >= 0.3 is 0 Å². The summed E-state index contributed by atoms with van der Waals surface area (Å²) < 4.78 is 0. The van der Waals surface area contributed by atoms with Crippen LogP contribution in [0.25, 0.3) is 0 Å². The van der Waals surface area contributed by atoms with Crippen molar-refractivity contribution in [3.63, 3.8) is 0 Å². The highest BCUT2D eigenvalue weighted by Crippen LogP contribution is 2.20. The minimum atomic E-state index is 0.444. The quantitative estimate of drug-likeness (QED) is 0.531. The van der Waals surface area contributed by atoms with Gasteiger partial charge in [0.2, 0.25) is 0 Å². The molecule has 1 aliphatic rings. The first-order valence-electron chi connectivity index (χ1n) is 3.37. The van der Waals surface area contributed by atoms with Crippen molar-refractivity contribution in [1.82, 2.24) is 0 Å². The monoisotopic (exact) mass is 140 g/mol. The van der Waals surface area contributed by atoms with E-state index in [2.05, 4.69) is 43.9 Å². The molecule has 1 rings (SSSR count). The molecular weight excluding hydrogens is 128 g/mol. The molecule has 50 valence electrons. The second-order valence-electron chi connectivity index (χ2n) is 2.33. The van der Waals surface area contributed by atoms with Crippen molar-refractivity contribution in [2.45, 2.75) is 18.6 Å². The molecule has 0 spiro atoms. The Bertz CT molecular complexity index is 136. The van der Waals surface area contributed by atoms with Crippen LogP contribution in [0.3, 0.4) is 0 Å². The summed E-state index contributed by atoms with van der Waals surface area (Å²) in [5, 5.41) is 0.444. The van der Waals surface area contributed by atoms with Gasteiger partial charge in [-0.25, -0.2) is 0 Å². The van der Waals surface area contributed by atoms with Crippen molar-refractivity contribution in [2.24, 2.45) is 5.92 Å². The Hall–Kier alpha value is -0.170. The van der Waals surface area contributed by atoms with E-state index in [4.69, 9.17) is 0 Å². The van der Waals surface area contributed by atoms with Gasteiger partial charge in [-0.1, -0.05) is 31.2 Å². The molecule has 0 amide bonds. The Morgan fingerprint density at radius 3 is 2.44 bits per heavy atom. The zero-order valence-electron chi connectivity index (χ0n) is 5.62. The van der Waals surface area contributed by atoms with E-state index in [9.17, 15) is 0 Å². The Morgan fingerprint density at radius 1 is 1.33 bits per heavy atom. The van der Waals surface area contributed by atoms with E-state index in [0.29, 0.717) is 11.2 Å². The average molecular weight is 140 g/mol. The van der Waals surface area contributed by atoms with Crippen molar-refractivity contribution in [1.29, 1.82) is 0 Å². The topological polar surface area (TPSA) is 0 Å². The highest BCUT2D eigenvalue weighted by atomic mass is 32.1. The Labute approximate surface area is 62.1 Å². The fraction of sp³-hybridized carbons (Fsp3) is 0.500. The van der Waals surface area contributed by atoms with Gasteiger partial charge in [0.15, 0.2) is 0 Å². The highest BCUT2D eigenvalue weighted by Gasteiger charge is 2.10. The molecule has 9 heavy (non-hydrogen) atoms. The Morgan fingerprint density at radius 2 is 2.00 bits per heavy atom. The van der Waals surface area contributed by atoms with Crippen LogP contribution in [-0.2, 0) is 0 Å². The minimum absolute atomic E-state index is 0.444. The molecule has 1 aliphatic carbocycles. The number of thiol groups is 1. The van der Waals surface area contributed by atoms with Gasteiger partial charge in [-0.3, -0.25) is 0 Å². The molecule has 0 aromatic carbocycles. The lowest BCUT2D eigenvalue weighted by Crippen LogP contribution is -2.10. The molecule has 0 saturated carbocycles. The Balaban J connectivity index is 2.55. The molecule has 0 bridgehead atoms. The molecule has 0 fully saturated rings. The zero-order valence-corrected chi connectivity index (χ0v) is 6.51. The van der Waals surface area contributed by atoms with Crippen LogP contribution in [0.2, 0.25) is 0 Å². The molecule has 0 nitrogen and oxygen atoms in total. The first kappa shape index (κ1) is 6.94. The third-order valence-electron chi connectivity index (χ3n) is 1.69. The molecule has 1 heteroatoms. The van der Waals surface area contributed by atoms with Gasteiger partial charge in [-0.05, 0) is 12.3 Å². The first-order valence-corrected chi connectivity index (χ1v) is 3.89. The lowest BCUT2D eigenvalue weighted by Gasteiger charge is -2.16. The average Bonchev–Trinajstić information content (AvgIpc) is 1.89. The van der Waals surface area contributed by atoms with Gasteiger partial charge in [0.1, 0.15) is 0 Å². The van der Waals surface area contributed by atoms with Gasteiger partial charge in [0.25, 0.3) is 0 Å². The summed E-state index contributed by atoms with van der Waals surface area (Å²) in [5.41, 5.74) is 0. The summed E-state index contributed by atoms with van der Waals surface area (Å²) in [6, 6.07) is 0. The third-order valence-corrected chi connectivity index (χ3v) is 2.24. The van der Waals surface area contributed by atoms with E-state index in [1.807, 2.05) is 0 Å². The van der Waals surface area contributed by atoms with Crippen LogP contribution in [-0.4, -0.2) is 5.25 Å². The van der Waals surface area contributed by atoms with Crippen LogP contribution >= 0.6 is 12.6 Å². The maximum Gasteiger partial charge on any atom is 0.0262 e. The first-order chi connectivity index (χ1) is 4.34. The summed E-state index contributed by atoms with van der Waals surface area (Å²) in [5.74, 6) is 0.651. The molecule has 2 atom stereocenters. The second kappa shape index (κ2) is 3.11. The lowest BCUT2D eigenvalue weighted by molar-refractivity contribution is 0.648. The van der Waals surface area contributed by atoms with Crippen molar-refractivity contribution in [3.8, 4) is 0 Å². The second-order valence-corrected chi connectivity index (χ2v) is 2.93. The predicted octanol–water partition coefficient (Wildman–Crippen LogP) is 2.44. The zero-order chi connectivity index (χ0) is 6.69. The summed E-state index contributed by atoms with van der Waals surface area (Å²) in [6.45, 7) is 2.19. The van der Waals surface area contributed by atoms with E-state index in [1.165, 1.54) is 6.42 Å². The van der Waals surface area contributed by atoms with Crippen LogP contribution in [0.1, 0.15) is 13.3 Å². The maximum absolute atomic E-state index is 4.40. The smallest absolute Gasteiger partial charge is 0.0262 e. The number of rotatable bonds is 1. The van der Waals surface area contributed by atoms with Crippen molar-refractivity contribution < 1.29 is 0 Å². The van der Waals surface area contributed by atoms with Crippen LogP contribution in [0.5, 0.6) is 0 Å². The normalized spacial score (nSPS) is 33.1. The maximum atomic E-state index is 4.40. The van der Waals surface area contributed by atoms with Gasteiger partial charge in [0, 0.05) is 5.25 Å². The van der Waals surface area contributed by atoms with Gasteiger partial charge < -0.3 is 0 Å². The number of hydrogen-bond acceptors (Lipinski definition) is 1. The van der Waals surface area contributed by atoms with Crippen molar-refractivity contribution >= 4 is 12.6 Å². The SMILES string of the molecule is CC[C@@H]1C=CC=CC1S. The molecule has 0 aromatic rings. The molecule has 0 saturated heterocycles. The summed E-state index contributed by atoms with van der Waals surface area (Å²) in [4.78, 5) is 0. The van der Waals surface area contributed by atoms with Crippen LogP contribution in [0.15, 0.2) is 24.3 Å². The van der Waals surface area contributed by atoms with Crippen molar-refractivity contribution in [3.05, 3.63) is 24.3 Å². The van der Waals surface area contributed by atoms with Crippen LogP contribution in [0.4, 0.5) is 0 Å². The molecule has 0 aliphatic heterocycles.